The van der Waals surface area contributed by atoms with Crippen LogP contribution in [-0.2, 0) is 17.8 Å². The van der Waals surface area contributed by atoms with Crippen LogP contribution in [-0.4, -0.2) is 17.0 Å². The maximum Gasteiger partial charge on any atom is 0.335 e. The minimum atomic E-state index is -0.956. The third kappa shape index (κ3) is 2.65. The van der Waals surface area contributed by atoms with Gasteiger partial charge < -0.3 is 10.0 Å². The van der Waals surface area contributed by atoms with E-state index in [1.165, 1.54) is 0 Å². The highest BCUT2D eigenvalue weighted by atomic mass is 16.4. The normalized spacial score (nSPS) is 13.9. The Morgan fingerprint density at radius 2 is 1.90 bits per heavy atom. The van der Waals surface area contributed by atoms with Crippen LogP contribution in [0.5, 0.6) is 0 Å². The van der Waals surface area contributed by atoms with Crippen LogP contribution in [0.1, 0.15) is 27.9 Å². The van der Waals surface area contributed by atoms with Crippen molar-refractivity contribution < 1.29 is 14.7 Å². The summed E-state index contributed by atoms with van der Waals surface area (Å²) in [5.74, 6) is -0.878. The van der Waals surface area contributed by atoms with E-state index in [-0.39, 0.29) is 11.5 Å². The second-order valence-corrected chi connectivity index (χ2v) is 5.11. The number of fused-ring (bicyclic) bond motifs is 1. The van der Waals surface area contributed by atoms with Crippen molar-refractivity contribution in [3.8, 4) is 0 Å². The van der Waals surface area contributed by atoms with Gasteiger partial charge in [0.15, 0.2) is 0 Å². The molecule has 1 amide bonds. The first kappa shape index (κ1) is 13.4. The first-order valence-electron chi connectivity index (χ1n) is 6.85. The number of hydrogen-bond acceptors (Lipinski definition) is 2. The first-order valence-corrected chi connectivity index (χ1v) is 6.85. The molecule has 0 spiro atoms. The van der Waals surface area contributed by atoms with Crippen molar-refractivity contribution in [2.45, 2.75) is 19.4 Å². The Balaban J connectivity index is 1.92. The quantitative estimate of drug-likeness (QED) is 0.941. The van der Waals surface area contributed by atoms with Gasteiger partial charge in [-0.05, 0) is 35.7 Å². The highest BCUT2D eigenvalue weighted by Crippen LogP contribution is 2.28. The van der Waals surface area contributed by atoms with Gasteiger partial charge in [-0.25, -0.2) is 4.79 Å². The number of rotatable bonds is 3. The van der Waals surface area contributed by atoms with Crippen molar-refractivity contribution in [3.63, 3.8) is 0 Å². The van der Waals surface area contributed by atoms with E-state index in [1.54, 1.807) is 23.1 Å². The molecule has 4 heteroatoms. The number of carbonyl (C=O) groups excluding carboxylic acids is 1. The average Bonchev–Trinajstić information content (AvgIpc) is 2.50. The van der Waals surface area contributed by atoms with Crippen LogP contribution in [0.25, 0.3) is 0 Å². The molecule has 0 atom stereocenters. The van der Waals surface area contributed by atoms with Gasteiger partial charge in [-0.3, -0.25) is 4.79 Å². The molecule has 2 aromatic carbocycles. The molecule has 2 aromatic rings. The van der Waals surface area contributed by atoms with Crippen molar-refractivity contribution >= 4 is 17.6 Å². The van der Waals surface area contributed by atoms with Crippen LogP contribution in [0.15, 0.2) is 48.5 Å². The summed E-state index contributed by atoms with van der Waals surface area (Å²) >= 11 is 0. The summed E-state index contributed by atoms with van der Waals surface area (Å²) in [6.45, 7) is 0.400. The molecule has 0 fully saturated rings. The number of carboxylic acids is 1. The fraction of sp³-hybridized carbons (Fsp3) is 0.176. The van der Waals surface area contributed by atoms with Crippen molar-refractivity contribution in [3.05, 3.63) is 65.2 Å². The van der Waals surface area contributed by atoms with Crippen molar-refractivity contribution in [2.75, 3.05) is 4.90 Å². The van der Waals surface area contributed by atoms with E-state index < -0.39 is 5.97 Å². The Kier molecular flexibility index (Phi) is 3.44. The molecule has 0 aromatic heterocycles. The van der Waals surface area contributed by atoms with Gasteiger partial charge in [0.05, 0.1) is 12.1 Å². The number of benzene rings is 2. The summed E-state index contributed by atoms with van der Waals surface area (Å²) in [5, 5.41) is 9.04. The third-order valence-electron chi connectivity index (χ3n) is 3.71. The zero-order valence-corrected chi connectivity index (χ0v) is 11.5. The Labute approximate surface area is 122 Å². The number of carbonyl (C=O) groups is 2. The number of hydrogen-bond donors (Lipinski definition) is 1. The second-order valence-electron chi connectivity index (χ2n) is 5.11. The predicted octanol–water partition coefficient (Wildman–Crippen LogP) is 2.86. The lowest BCUT2D eigenvalue weighted by molar-refractivity contribution is -0.119. The Morgan fingerprint density at radius 1 is 1.10 bits per heavy atom. The molecular weight excluding hydrogens is 266 g/mol. The number of aromatic carboxylic acids is 1. The molecule has 0 aliphatic carbocycles. The fourth-order valence-electron chi connectivity index (χ4n) is 2.66. The van der Waals surface area contributed by atoms with Crippen molar-refractivity contribution in [1.82, 2.24) is 0 Å². The van der Waals surface area contributed by atoms with E-state index in [4.69, 9.17) is 5.11 Å². The summed E-state index contributed by atoms with van der Waals surface area (Å²) in [4.78, 5) is 25.0. The fourth-order valence-corrected chi connectivity index (χ4v) is 2.66. The molecule has 1 N–H and O–H groups in total. The molecule has 4 nitrogen and oxygen atoms in total. The molecule has 1 aliphatic heterocycles. The monoisotopic (exact) mass is 281 g/mol. The van der Waals surface area contributed by atoms with Crippen LogP contribution >= 0.6 is 0 Å². The Hall–Kier alpha value is -2.62. The summed E-state index contributed by atoms with van der Waals surface area (Å²) in [5.41, 5.74) is 3.14. The lowest BCUT2D eigenvalue weighted by Gasteiger charge is -2.29. The van der Waals surface area contributed by atoms with Crippen LogP contribution < -0.4 is 4.90 Å². The van der Waals surface area contributed by atoms with Gasteiger partial charge in [-0.1, -0.05) is 30.3 Å². The number of nitrogens with zero attached hydrogens (tertiary/aromatic N) is 1. The average molecular weight is 281 g/mol. The highest BCUT2D eigenvalue weighted by Gasteiger charge is 2.23. The topological polar surface area (TPSA) is 57.6 Å². The summed E-state index contributed by atoms with van der Waals surface area (Å²) in [6, 6.07) is 14.6. The summed E-state index contributed by atoms with van der Waals surface area (Å²) < 4.78 is 0. The summed E-state index contributed by atoms with van der Waals surface area (Å²) in [7, 11) is 0. The van der Waals surface area contributed by atoms with E-state index in [0.29, 0.717) is 13.0 Å². The molecule has 0 unspecified atom stereocenters. The van der Waals surface area contributed by atoms with E-state index in [0.717, 1.165) is 23.2 Å². The lowest BCUT2D eigenvalue weighted by Crippen LogP contribution is -2.34. The number of para-hydroxylation sites is 1. The van der Waals surface area contributed by atoms with Gasteiger partial charge in [-0.2, -0.15) is 0 Å². The van der Waals surface area contributed by atoms with Crippen LogP contribution in [0.3, 0.4) is 0 Å². The van der Waals surface area contributed by atoms with Crippen molar-refractivity contribution in [2.24, 2.45) is 0 Å². The molecule has 1 heterocycles. The van der Waals surface area contributed by atoms with E-state index in [9.17, 15) is 9.59 Å². The molecule has 106 valence electrons. The zero-order valence-electron chi connectivity index (χ0n) is 11.5. The van der Waals surface area contributed by atoms with Crippen LogP contribution in [0.2, 0.25) is 0 Å². The molecule has 0 saturated heterocycles. The Bertz CT molecular complexity index is 709. The van der Waals surface area contributed by atoms with Crippen molar-refractivity contribution in [1.29, 1.82) is 0 Å². The molecule has 0 bridgehead atoms. The van der Waals surface area contributed by atoms with Crippen LogP contribution in [0, 0.1) is 0 Å². The number of amides is 1. The number of anilines is 1. The minimum absolute atomic E-state index is 0.0782. The van der Waals surface area contributed by atoms with E-state index in [2.05, 4.69) is 0 Å². The maximum absolute atomic E-state index is 12.2. The highest BCUT2D eigenvalue weighted by molar-refractivity contribution is 5.96. The third-order valence-corrected chi connectivity index (χ3v) is 3.71. The maximum atomic E-state index is 12.2. The van der Waals surface area contributed by atoms with E-state index >= 15 is 0 Å². The van der Waals surface area contributed by atoms with Crippen LogP contribution in [0.4, 0.5) is 5.69 Å². The number of aryl methyl sites for hydroxylation is 1. The van der Waals surface area contributed by atoms with Gasteiger partial charge in [0, 0.05) is 12.1 Å². The zero-order chi connectivity index (χ0) is 14.8. The van der Waals surface area contributed by atoms with Gasteiger partial charge in [-0.15, -0.1) is 0 Å². The molecular formula is C17H15NO3. The van der Waals surface area contributed by atoms with E-state index in [1.807, 2.05) is 30.3 Å². The largest absolute Gasteiger partial charge is 0.478 e. The van der Waals surface area contributed by atoms with Gasteiger partial charge >= 0.3 is 5.97 Å². The van der Waals surface area contributed by atoms with Gasteiger partial charge in [0.1, 0.15) is 0 Å². The lowest BCUT2D eigenvalue weighted by atomic mass is 10.0. The minimum Gasteiger partial charge on any atom is -0.478 e. The van der Waals surface area contributed by atoms with Gasteiger partial charge in [0.2, 0.25) is 5.91 Å². The standard InChI is InChI=1S/C17H15NO3/c19-16-9-8-13-5-1-2-7-15(13)18(16)11-12-4-3-6-14(10-12)17(20)21/h1-7,10H,8-9,11H2,(H,20,21). The SMILES string of the molecule is O=C(O)c1cccc(CN2C(=O)CCc3ccccc32)c1. The molecule has 0 saturated carbocycles. The second kappa shape index (κ2) is 5.40. The first-order chi connectivity index (χ1) is 10.1. The molecule has 3 rings (SSSR count). The Morgan fingerprint density at radius 3 is 2.71 bits per heavy atom. The number of carboxylic acid groups (broad SMARTS) is 1. The smallest absolute Gasteiger partial charge is 0.335 e. The molecule has 0 radical (unpaired) electrons. The predicted molar refractivity (Wildman–Crippen MR) is 79.4 cm³/mol. The van der Waals surface area contributed by atoms with Gasteiger partial charge in [0.25, 0.3) is 0 Å². The summed E-state index contributed by atoms with van der Waals surface area (Å²) in [6.07, 6.45) is 1.26. The molecule has 21 heavy (non-hydrogen) atoms. The molecule has 1 aliphatic rings.